The summed E-state index contributed by atoms with van der Waals surface area (Å²) < 4.78 is 29.1. The van der Waals surface area contributed by atoms with Gasteiger partial charge in [-0.3, -0.25) is 13.9 Å². The number of hydrogen-bond acceptors (Lipinski definition) is 4. The van der Waals surface area contributed by atoms with Gasteiger partial charge in [0.2, 0.25) is 11.8 Å². The second-order valence-electron chi connectivity index (χ2n) is 11.0. The quantitative estimate of drug-likeness (QED) is 0.283. The van der Waals surface area contributed by atoms with E-state index in [0.717, 1.165) is 21.0 Å². The number of anilines is 1. The summed E-state index contributed by atoms with van der Waals surface area (Å²) in [5.74, 6) is -0.417. The summed E-state index contributed by atoms with van der Waals surface area (Å²) >= 11 is 0. The number of carbonyl (C=O) groups excluding carboxylic acids is 2. The van der Waals surface area contributed by atoms with Gasteiger partial charge in [0, 0.05) is 12.6 Å². The summed E-state index contributed by atoms with van der Waals surface area (Å²) in [6.45, 7) is 11.5. The van der Waals surface area contributed by atoms with Gasteiger partial charge in [0.05, 0.1) is 10.6 Å². The second-order valence-corrected chi connectivity index (χ2v) is 12.8. The van der Waals surface area contributed by atoms with Crippen molar-refractivity contribution in [3.63, 3.8) is 0 Å². The fourth-order valence-corrected chi connectivity index (χ4v) is 6.08. The molecule has 0 radical (unpaired) electrons. The third kappa shape index (κ3) is 8.43. The second kappa shape index (κ2) is 14.3. The average molecular weight is 578 g/mol. The van der Waals surface area contributed by atoms with E-state index < -0.39 is 28.5 Å². The molecule has 0 heterocycles. The minimum atomic E-state index is -4.09. The normalized spacial score (nSPS) is 12.3. The lowest BCUT2D eigenvalue weighted by molar-refractivity contribution is -0.139. The predicted octanol–water partition coefficient (Wildman–Crippen LogP) is 5.69. The van der Waals surface area contributed by atoms with Crippen LogP contribution in [0.2, 0.25) is 0 Å². The van der Waals surface area contributed by atoms with Crippen molar-refractivity contribution in [2.75, 3.05) is 17.4 Å². The van der Waals surface area contributed by atoms with Crippen LogP contribution in [0.4, 0.5) is 5.69 Å². The fourth-order valence-electron chi connectivity index (χ4n) is 4.67. The van der Waals surface area contributed by atoms with Gasteiger partial charge in [0.15, 0.2) is 0 Å². The summed E-state index contributed by atoms with van der Waals surface area (Å²) in [6, 6.07) is 22.8. The van der Waals surface area contributed by atoms with Crippen LogP contribution in [-0.4, -0.2) is 50.3 Å². The maximum atomic E-state index is 14.1. The SMILES string of the molecule is CCC(C(=O)NC(C)C)N(CCc1ccccc1)C(=O)CN(c1ccc(C(C)C)cc1)S(=O)(=O)c1ccc(C)cc1. The van der Waals surface area contributed by atoms with Gasteiger partial charge in [-0.1, -0.05) is 80.9 Å². The molecule has 41 heavy (non-hydrogen) atoms. The fraction of sp³-hybridized carbons (Fsp3) is 0.394. The maximum absolute atomic E-state index is 14.1. The van der Waals surface area contributed by atoms with Crippen LogP contribution in [0, 0.1) is 6.92 Å². The molecule has 220 valence electrons. The predicted molar refractivity (Wildman–Crippen MR) is 165 cm³/mol. The Morgan fingerprint density at radius 1 is 0.854 bits per heavy atom. The molecule has 0 saturated heterocycles. The highest BCUT2D eigenvalue weighted by Crippen LogP contribution is 2.27. The van der Waals surface area contributed by atoms with Crippen molar-refractivity contribution in [1.29, 1.82) is 0 Å². The zero-order chi connectivity index (χ0) is 30.2. The molecular formula is C33H43N3O4S. The molecular weight excluding hydrogens is 534 g/mol. The van der Waals surface area contributed by atoms with Gasteiger partial charge in [-0.15, -0.1) is 0 Å². The number of nitrogens with zero attached hydrogens (tertiary/aromatic N) is 2. The number of rotatable bonds is 13. The smallest absolute Gasteiger partial charge is 0.264 e. The van der Waals surface area contributed by atoms with Crippen LogP contribution in [-0.2, 0) is 26.0 Å². The van der Waals surface area contributed by atoms with Crippen molar-refractivity contribution >= 4 is 27.5 Å². The van der Waals surface area contributed by atoms with Crippen molar-refractivity contribution in [1.82, 2.24) is 10.2 Å². The topological polar surface area (TPSA) is 86.8 Å². The highest BCUT2D eigenvalue weighted by atomic mass is 32.2. The standard InChI is InChI=1S/C33H43N3O4S/c1-7-31(33(38)34-25(4)5)35(22-21-27-11-9-8-10-12-27)32(37)23-36(29-17-15-28(16-18-29)24(2)3)41(39,40)30-19-13-26(6)14-20-30/h8-20,24-25,31H,7,21-23H2,1-6H3,(H,34,38). The monoisotopic (exact) mass is 577 g/mol. The van der Waals surface area contributed by atoms with Crippen LogP contribution in [0.5, 0.6) is 0 Å². The summed E-state index contributed by atoms with van der Waals surface area (Å²) in [4.78, 5) is 28.9. The Hall–Kier alpha value is -3.65. The summed E-state index contributed by atoms with van der Waals surface area (Å²) in [7, 11) is -4.09. The molecule has 8 heteroatoms. The van der Waals surface area contributed by atoms with Gasteiger partial charge in [0.1, 0.15) is 12.6 Å². The molecule has 0 spiro atoms. The van der Waals surface area contributed by atoms with E-state index in [-0.39, 0.29) is 29.3 Å². The number of hydrogen-bond donors (Lipinski definition) is 1. The molecule has 3 aromatic rings. The Bertz CT molecular complexity index is 1390. The van der Waals surface area contributed by atoms with Gasteiger partial charge in [-0.25, -0.2) is 8.42 Å². The van der Waals surface area contributed by atoms with Gasteiger partial charge >= 0.3 is 0 Å². The Balaban J connectivity index is 2.03. The van der Waals surface area contributed by atoms with E-state index in [4.69, 9.17) is 0 Å². The number of benzene rings is 3. The summed E-state index contributed by atoms with van der Waals surface area (Å²) in [5, 5.41) is 2.93. The lowest BCUT2D eigenvalue weighted by Gasteiger charge is -2.33. The zero-order valence-electron chi connectivity index (χ0n) is 25.0. The molecule has 2 amide bonds. The van der Waals surface area contributed by atoms with Crippen LogP contribution in [0.1, 0.15) is 63.6 Å². The molecule has 1 N–H and O–H groups in total. The molecule has 0 aliphatic rings. The number of nitrogens with one attached hydrogen (secondary N) is 1. The number of aryl methyl sites for hydroxylation is 1. The van der Waals surface area contributed by atoms with Crippen molar-refractivity contribution in [3.05, 3.63) is 95.6 Å². The molecule has 0 aromatic heterocycles. The minimum Gasteiger partial charge on any atom is -0.352 e. The number of carbonyl (C=O) groups is 2. The molecule has 7 nitrogen and oxygen atoms in total. The van der Waals surface area contributed by atoms with Crippen LogP contribution in [0.3, 0.4) is 0 Å². The Labute approximate surface area is 245 Å². The van der Waals surface area contributed by atoms with E-state index in [0.29, 0.717) is 18.5 Å². The molecule has 1 unspecified atom stereocenters. The third-order valence-electron chi connectivity index (χ3n) is 7.04. The van der Waals surface area contributed by atoms with Gasteiger partial charge in [0.25, 0.3) is 10.0 Å². The van der Waals surface area contributed by atoms with Crippen LogP contribution >= 0.6 is 0 Å². The highest BCUT2D eigenvalue weighted by Gasteiger charge is 2.33. The summed E-state index contributed by atoms with van der Waals surface area (Å²) in [6.07, 6.45) is 0.929. The number of amides is 2. The molecule has 0 aliphatic carbocycles. The van der Waals surface area contributed by atoms with E-state index in [9.17, 15) is 18.0 Å². The van der Waals surface area contributed by atoms with Crippen molar-refractivity contribution < 1.29 is 18.0 Å². The maximum Gasteiger partial charge on any atom is 0.264 e. The van der Waals surface area contributed by atoms with Gasteiger partial charge < -0.3 is 10.2 Å². The molecule has 1 atom stereocenters. The first-order valence-electron chi connectivity index (χ1n) is 14.3. The van der Waals surface area contributed by atoms with Crippen LogP contribution in [0.15, 0.2) is 83.8 Å². The van der Waals surface area contributed by atoms with Gasteiger partial charge in [-0.2, -0.15) is 0 Å². The summed E-state index contributed by atoms with van der Waals surface area (Å²) in [5.41, 5.74) is 3.42. The molecule has 0 aliphatic heterocycles. The van der Waals surface area contributed by atoms with Crippen molar-refractivity contribution in [3.8, 4) is 0 Å². The van der Waals surface area contributed by atoms with Crippen LogP contribution in [0.25, 0.3) is 0 Å². The number of sulfonamides is 1. The largest absolute Gasteiger partial charge is 0.352 e. The van der Waals surface area contributed by atoms with Crippen molar-refractivity contribution in [2.24, 2.45) is 0 Å². The molecule has 3 aromatic carbocycles. The average Bonchev–Trinajstić information content (AvgIpc) is 2.94. The van der Waals surface area contributed by atoms with E-state index in [1.165, 1.54) is 4.90 Å². The first kappa shape index (κ1) is 31.9. The zero-order valence-corrected chi connectivity index (χ0v) is 25.8. The third-order valence-corrected chi connectivity index (χ3v) is 8.82. The molecule has 0 bridgehead atoms. The first-order chi connectivity index (χ1) is 19.4. The van der Waals surface area contributed by atoms with Crippen LogP contribution < -0.4 is 9.62 Å². The molecule has 0 saturated carbocycles. The van der Waals surface area contributed by atoms with Gasteiger partial charge in [-0.05, 0) is 74.9 Å². The van der Waals surface area contributed by atoms with E-state index in [1.807, 2.05) is 70.2 Å². The lowest BCUT2D eigenvalue weighted by Crippen LogP contribution is -2.54. The lowest BCUT2D eigenvalue weighted by atomic mass is 10.0. The Morgan fingerprint density at radius 3 is 2.00 bits per heavy atom. The van der Waals surface area contributed by atoms with E-state index in [2.05, 4.69) is 19.2 Å². The highest BCUT2D eigenvalue weighted by molar-refractivity contribution is 7.92. The Morgan fingerprint density at radius 2 is 1.46 bits per heavy atom. The molecule has 0 fully saturated rings. The minimum absolute atomic E-state index is 0.0967. The Kier molecular flexibility index (Phi) is 11.1. The first-order valence-corrected chi connectivity index (χ1v) is 15.7. The van der Waals surface area contributed by atoms with E-state index in [1.54, 1.807) is 36.4 Å². The van der Waals surface area contributed by atoms with E-state index >= 15 is 0 Å². The molecule has 3 rings (SSSR count). The van der Waals surface area contributed by atoms with Crippen molar-refractivity contribution in [2.45, 2.75) is 77.3 Å².